The summed E-state index contributed by atoms with van der Waals surface area (Å²) in [5.74, 6) is 1.31. The molecule has 1 aromatic rings. The highest BCUT2D eigenvalue weighted by atomic mass is 16.5. The molecule has 1 unspecified atom stereocenters. The minimum atomic E-state index is -0.524. The number of para-hydroxylation sites is 1. The zero-order chi connectivity index (χ0) is 19.8. The van der Waals surface area contributed by atoms with Crippen LogP contribution in [-0.2, 0) is 16.1 Å². The van der Waals surface area contributed by atoms with Crippen LogP contribution in [0.4, 0.5) is 0 Å². The summed E-state index contributed by atoms with van der Waals surface area (Å²) < 4.78 is 11.0. The van der Waals surface area contributed by atoms with Crippen molar-refractivity contribution >= 4 is 5.91 Å². The smallest absolute Gasteiger partial charge is 0.225 e. The second-order valence-corrected chi connectivity index (χ2v) is 7.94. The van der Waals surface area contributed by atoms with Gasteiger partial charge in [0.15, 0.2) is 0 Å². The summed E-state index contributed by atoms with van der Waals surface area (Å²) in [6.45, 7) is 4.92. The topological polar surface area (TPSA) is 62.2 Å². The van der Waals surface area contributed by atoms with Gasteiger partial charge in [-0.2, -0.15) is 0 Å². The van der Waals surface area contributed by atoms with E-state index in [4.69, 9.17) is 9.47 Å². The Hall–Kier alpha value is -1.63. The number of likely N-dealkylation sites (tertiary alicyclic amines) is 2. The van der Waals surface area contributed by atoms with Crippen LogP contribution in [0, 0.1) is 5.92 Å². The van der Waals surface area contributed by atoms with Crippen LogP contribution in [0.1, 0.15) is 37.7 Å². The summed E-state index contributed by atoms with van der Waals surface area (Å²) in [5, 5.41) is 10.3. The second kappa shape index (κ2) is 10.8. The molecule has 2 saturated heterocycles. The second-order valence-electron chi connectivity index (χ2n) is 7.94. The first kappa shape index (κ1) is 21.1. The quantitative estimate of drug-likeness (QED) is 0.738. The molecule has 2 heterocycles. The SMILES string of the molecule is COc1ccccc1COCC(O)CN1CCC(C(=O)N2CCCCC2)CC1. The molecule has 3 rings (SSSR count). The van der Waals surface area contributed by atoms with Gasteiger partial charge in [0.25, 0.3) is 0 Å². The Morgan fingerprint density at radius 2 is 1.86 bits per heavy atom. The van der Waals surface area contributed by atoms with Gasteiger partial charge < -0.3 is 24.4 Å². The summed E-state index contributed by atoms with van der Waals surface area (Å²) >= 11 is 0. The molecule has 0 aliphatic carbocycles. The van der Waals surface area contributed by atoms with Crippen LogP contribution in [0.25, 0.3) is 0 Å². The first-order valence-corrected chi connectivity index (χ1v) is 10.6. The summed E-state index contributed by atoms with van der Waals surface area (Å²) in [6.07, 6.45) is 4.80. The average molecular weight is 391 g/mol. The largest absolute Gasteiger partial charge is 0.496 e. The molecule has 2 aliphatic rings. The number of amides is 1. The zero-order valence-corrected chi connectivity index (χ0v) is 17.0. The third-order valence-electron chi connectivity index (χ3n) is 5.83. The molecule has 156 valence electrons. The number of nitrogens with zero attached hydrogens (tertiary/aromatic N) is 2. The van der Waals surface area contributed by atoms with E-state index in [0.717, 1.165) is 63.2 Å². The number of aliphatic hydroxyl groups excluding tert-OH is 1. The maximum atomic E-state index is 12.6. The lowest BCUT2D eigenvalue weighted by atomic mass is 9.94. The number of hydrogen-bond donors (Lipinski definition) is 1. The number of benzene rings is 1. The van der Waals surface area contributed by atoms with Crippen molar-refractivity contribution in [2.24, 2.45) is 5.92 Å². The molecule has 6 heteroatoms. The molecule has 1 amide bonds. The van der Waals surface area contributed by atoms with E-state index in [2.05, 4.69) is 9.80 Å². The number of ether oxygens (including phenoxy) is 2. The van der Waals surface area contributed by atoms with Gasteiger partial charge in [0.1, 0.15) is 5.75 Å². The number of β-amino-alcohol motifs (C(OH)–C–C–N with tert-alkyl or cyclic N) is 1. The molecule has 1 atom stereocenters. The standard InChI is InChI=1S/C22H34N2O4/c1-27-21-8-4-3-7-19(21)16-28-17-20(25)15-23-13-9-18(10-14-23)22(26)24-11-5-2-6-12-24/h3-4,7-8,18,20,25H,2,5-6,9-17H2,1H3. The van der Waals surface area contributed by atoms with E-state index in [9.17, 15) is 9.90 Å². The highest BCUT2D eigenvalue weighted by Crippen LogP contribution is 2.22. The lowest BCUT2D eigenvalue weighted by molar-refractivity contribution is -0.138. The number of rotatable bonds is 8. The number of aliphatic hydroxyl groups is 1. The normalized spacial score (nSPS) is 20.1. The molecular formula is C22H34N2O4. The molecule has 2 aliphatic heterocycles. The lowest BCUT2D eigenvalue weighted by Crippen LogP contribution is -2.46. The monoisotopic (exact) mass is 390 g/mol. The Kier molecular flexibility index (Phi) is 8.13. The van der Waals surface area contributed by atoms with Crippen LogP contribution in [0.15, 0.2) is 24.3 Å². The molecule has 1 N–H and O–H groups in total. The van der Waals surface area contributed by atoms with E-state index in [-0.39, 0.29) is 5.92 Å². The van der Waals surface area contributed by atoms with Crippen molar-refractivity contribution in [3.63, 3.8) is 0 Å². The minimum Gasteiger partial charge on any atom is -0.496 e. The van der Waals surface area contributed by atoms with Crippen LogP contribution in [0.3, 0.4) is 0 Å². The van der Waals surface area contributed by atoms with Crippen LogP contribution in [-0.4, -0.2) is 73.4 Å². The maximum Gasteiger partial charge on any atom is 0.225 e. The van der Waals surface area contributed by atoms with Crippen molar-refractivity contribution in [1.82, 2.24) is 9.80 Å². The fraction of sp³-hybridized carbons (Fsp3) is 0.682. The van der Waals surface area contributed by atoms with Gasteiger partial charge in [0, 0.05) is 31.1 Å². The molecule has 1 aromatic carbocycles. The number of carbonyl (C=O) groups excluding carboxylic acids is 1. The molecule has 0 aromatic heterocycles. The van der Waals surface area contributed by atoms with Crippen LogP contribution in [0.2, 0.25) is 0 Å². The first-order valence-electron chi connectivity index (χ1n) is 10.6. The summed E-state index contributed by atoms with van der Waals surface area (Å²) in [6, 6.07) is 7.75. The van der Waals surface area contributed by atoms with Gasteiger partial charge in [0.05, 0.1) is 26.4 Å². The fourth-order valence-electron chi connectivity index (χ4n) is 4.21. The summed E-state index contributed by atoms with van der Waals surface area (Å²) in [4.78, 5) is 16.9. The molecule has 0 bridgehead atoms. The van der Waals surface area contributed by atoms with Crippen molar-refractivity contribution < 1.29 is 19.4 Å². The molecule has 0 spiro atoms. The van der Waals surface area contributed by atoms with Gasteiger partial charge in [-0.3, -0.25) is 4.79 Å². The van der Waals surface area contributed by atoms with Gasteiger partial charge in [-0.05, 0) is 51.3 Å². The Bertz CT molecular complexity index is 610. The maximum absolute atomic E-state index is 12.6. The van der Waals surface area contributed by atoms with E-state index in [1.807, 2.05) is 24.3 Å². The van der Waals surface area contributed by atoms with E-state index >= 15 is 0 Å². The summed E-state index contributed by atoms with van der Waals surface area (Å²) in [5.41, 5.74) is 0.981. The van der Waals surface area contributed by atoms with E-state index in [1.165, 1.54) is 6.42 Å². The van der Waals surface area contributed by atoms with Crippen LogP contribution < -0.4 is 4.74 Å². The summed E-state index contributed by atoms with van der Waals surface area (Å²) in [7, 11) is 1.65. The molecule has 28 heavy (non-hydrogen) atoms. The molecule has 0 saturated carbocycles. The Labute approximate surface area is 168 Å². The zero-order valence-electron chi connectivity index (χ0n) is 17.0. The van der Waals surface area contributed by atoms with Crippen molar-refractivity contribution in [1.29, 1.82) is 0 Å². The van der Waals surface area contributed by atoms with Crippen LogP contribution in [0.5, 0.6) is 5.75 Å². The predicted molar refractivity (Wildman–Crippen MR) is 108 cm³/mol. The van der Waals surface area contributed by atoms with Gasteiger partial charge in [-0.25, -0.2) is 0 Å². The molecule has 2 fully saturated rings. The third-order valence-corrected chi connectivity index (χ3v) is 5.83. The van der Waals surface area contributed by atoms with E-state index in [0.29, 0.717) is 25.7 Å². The average Bonchev–Trinajstić information content (AvgIpc) is 2.75. The van der Waals surface area contributed by atoms with Gasteiger partial charge in [-0.15, -0.1) is 0 Å². The molecule has 0 radical (unpaired) electrons. The first-order chi connectivity index (χ1) is 13.7. The highest BCUT2D eigenvalue weighted by molar-refractivity contribution is 5.79. The van der Waals surface area contributed by atoms with Crippen molar-refractivity contribution in [2.45, 2.75) is 44.8 Å². The highest BCUT2D eigenvalue weighted by Gasteiger charge is 2.29. The number of hydrogen-bond acceptors (Lipinski definition) is 5. The molecular weight excluding hydrogens is 356 g/mol. The Balaban J connectivity index is 1.34. The van der Waals surface area contributed by atoms with Crippen molar-refractivity contribution in [3.05, 3.63) is 29.8 Å². The predicted octanol–water partition coefficient (Wildman–Crippen LogP) is 2.30. The van der Waals surface area contributed by atoms with Gasteiger partial charge in [0.2, 0.25) is 5.91 Å². The van der Waals surface area contributed by atoms with Crippen molar-refractivity contribution in [3.8, 4) is 5.75 Å². The lowest BCUT2D eigenvalue weighted by Gasteiger charge is -2.36. The van der Waals surface area contributed by atoms with Crippen molar-refractivity contribution in [2.75, 3.05) is 46.4 Å². The third kappa shape index (κ3) is 5.93. The number of carbonyl (C=O) groups is 1. The fourth-order valence-corrected chi connectivity index (χ4v) is 4.21. The molecule has 6 nitrogen and oxygen atoms in total. The number of piperidine rings is 2. The van der Waals surface area contributed by atoms with Gasteiger partial charge in [-0.1, -0.05) is 18.2 Å². The minimum absolute atomic E-state index is 0.160. The van der Waals surface area contributed by atoms with E-state index < -0.39 is 6.10 Å². The van der Waals surface area contributed by atoms with E-state index in [1.54, 1.807) is 7.11 Å². The number of methoxy groups -OCH3 is 1. The van der Waals surface area contributed by atoms with Gasteiger partial charge >= 0.3 is 0 Å². The Morgan fingerprint density at radius 1 is 1.14 bits per heavy atom. The van der Waals surface area contributed by atoms with Crippen LogP contribution >= 0.6 is 0 Å². The Morgan fingerprint density at radius 3 is 2.57 bits per heavy atom.